The fourth-order valence-corrected chi connectivity index (χ4v) is 1.61. The molecule has 0 fully saturated rings. The van der Waals surface area contributed by atoms with Crippen LogP contribution >= 0.6 is 0 Å². The Morgan fingerprint density at radius 3 is 2.56 bits per heavy atom. The fourth-order valence-electron chi connectivity index (χ4n) is 1.61. The zero-order valence-corrected chi connectivity index (χ0v) is 9.00. The molecule has 0 amide bonds. The van der Waals surface area contributed by atoms with Gasteiger partial charge in [-0.25, -0.2) is 0 Å². The lowest BCUT2D eigenvalue weighted by atomic mass is 10.0. The van der Waals surface area contributed by atoms with E-state index >= 15 is 0 Å². The summed E-state index contributed by atoms with van der Waals surface area (Å²) in [4.78, 5) is 0. The highest BCUT2D eigenvalue weighted by Crippen LogP contribution is 2.25. The SMILES string of the molecule is Cc1ccc(C(O)C2OC=CC=C2O)cc1. The summed E-state index contributed by atoms with van der Waals surface area (Å²) >= 11 is 0. The van der Waals surface area contributed by atoms with Crippen molar-refractivity contribution in [2.75, 3.05) is 0 Å². The Balaban J connectivity index is 2.19. The maximum Gasteiger partial charge on any atom is 0.184 e. The Morgan fingerprint density at radius 1 is 1.25 bits per heavy atom. The Hall–Kier alpha value is -1.74. The summed E-state index contributed by atoms with van der Waals surface area (Å²) in [5.74, 6) is 0.0376. The van der Waals surface area contributed by atoms with Crippen LogP contribution < -0.4 is 0 Å². The molecule has 3 nitrogen and oxygen atoms in total. The molecule has 0 spiro atoms. The molecule has 2 N–H and O–H groups in total. The Labute approximate surface area is 94.3 Å². The molecule has 1 aromatic rings. The van der Waals surface area contributed by atoms with Gasteiger partial charge < -0.3 is 14.9 Å². The first-order valence-corrected chi connectivity index (χ1v) is 5.14. The molecule has 1 aliphatic heterocycles. The monoisotopic (exact) mass is 218 g/mol. The first kappa shape index (κ1) is 10.8. The van der Waals surface area contributed by atoms with Gasteiger partial charge in [0.05, 0.1) is 6.26 Å². The lowest BCUT2D eigenvalue weighted by Crippen LogP contribution is -2.24. The molecular formula is C13H14O3. The van der Waals surface area contributed by atoms with Crippen LogP contribution in [0.1, 0.15) is 17.2 Å². The number of hydrogen-bond donors (Lipinski definition) is 2. The summed E-state index contributed by atoms with van der Waals surface area (Å²) < 4.78 is 5.19. The van der Waals surface area contributed by atoms with E-state index in [4.69, 9.17) is 4.74 Å². The van der Waals surface area contributed by atoms with Crippen molar-refractivity contribution in [3.05, 3.63) is 59.6 Å². The van der Waals surface area contributed by atoms with Gasteiger partial charge in [-0.05, 0) is 24.6 Å². The van der Waals surface area contributed by atoms with Gasteiger partial charge >= 0.3 is 0 Å². The third-order valence-corrected chi connectivity index (χ3v) is 2.57. The molecule has 0 saturated heterocycles. The van der Waals surface area contributed by atoms with E-state index in [0.29, 0.717) is 0 Å². The number of benzene rings is 1. The van der Waals surface area contributed by atoms with Gasteiger partial charge in [0.15, 0.2) is 6.10 Å². The van der Waals surface area contributed by atoms with Gasteiger partial charge in [0.1, 0.15) is 11.9 Å². The van der Waals surface area contributed by atoms with Crippen LogP contribution in [0.15, 0.2) is 48.4 Å². The molecule has 0 saturated carbocycles. The predicted octanol–water partition coefficient (Wildman–Crippen LogP) is 2.38. The number of rotatable bonds is 2. The van der Waals surface area contributed by atoms with Crippen molar-refractivity contribution < 1.29 is 14.9 Å². The Bertz CT molecular complexity index is 417. The second-order valence-electron chi connectivity index (χ2n) is 3.83. The van der Waals surface area contributed by atoms with Crippen molar-refractivity contribution in [2.45, 2.75) is 19.1 Å². The maximum atomic E-state index is 10.0. The minimum Gasteiger partial charge on any atom is -0.508 e. The summed E-state index contributed by atoms with van der Waals surface area (Å²) in [6.45, 7) is 1.98. The fraction of sp³-hybridized carbons (Fsp3) is 0.231. The van der Waals surface area contributed by atoms with Gasteiger partial charge in [-0.2, -0.15) is 0 Å². The Morgan fingerprint density at radius 2 is 1.94 bits per heavy atom. The van der Waals surface area contributed by atoms with E-state index in [0.717, 1.165) is 11.1 Å². The molecule has 3 heteroatoms. The largest absolute Gasteiger partial charge is 0.508 e. The minimum atomic E-state index is -0.859. The van der Waals surface area contributed by atoms with E-state index in [1.165, 1.54) is 12.3 Å². The average Bonchev–Trinajstić information content (AvgIpc) is 2.30. The molecule has 16 heavy (non-hydrogen) atoms. The van der Waals surface area contributed by atoms with Crippen molar-refractivity contribution in [3.8, 4) is 0 Å². The van der Waals surface area contributed by atoms with Gasteiger partial charge in [-0.15, -0.1) is 0 Å². The molecule has 0 aliphatic carbocycles. The second-order valence-corrected chi connectivity index (χ2v) is 3.83. The molecule has 84 valence electrons. The molecule has 2 unspecified atom stereocenters. The highest BCUT2D eigenvalue weighted by atomic mass is 16.5. The van der Waals surface area contributed by atoms with Gasteiger partial charge in [0.2, 0.25) is 0 Å². The number of allylic oxidation sites excluding steroid dienone is 2. The van der Waals surface area contributed by atoms with Crippen LogP contribution in [0.5, 0.6) is 0 Å². The van der Waals surface area contributed by atoms with Gasteiger partial charge in [-0.1, -0.05) is 29.8 Å². The molecule has 1 heterocycles. The third-order valence-electron chi connectivity index (χ3n) is 2.57. The quantitative estimate of drug-likeness (QED) is 0.801. The first-order chi connectivity index (χ1) is 7.68. The van der Waals surface area contributed by atoms with Crippen molar-refractivity contribution in [1.82, 2.24) is 0 Å². The van der Waals surface area contributed by atoms with E-state index in [9.17, 15) is 10.2 Å². The molecular weight excluding hydrogens is 204 g/mol. The van der Waals surface area contributed by atoms with Gasteiger partial charge in [0, 0.05) is 0 Å². The van der Waals surface area contributed by atoms with Crippen LogP contribution in [-0.4, -0.2) is 16.3 Å². The van der Waals surface area contributed by atoms with Gasteiger partial charge in [0.25, 0.3) is 0 Å². The van der Waals surface area contributed by atoms with E-state index < -0.39 is 12.2 Å². The number of aliphatic hydroxyl groups excluding tert-OH is 2. The predicted molar refractivity (Wildman–Crippen MR) is 60.9 cm³/mol. The van der Waals surface area contributed by atoms with Crippen LogP contribution in [0.25, 0.3) is 0 Å². The van der Waals surface area contributed by atoms with Gasteiger partial charge in [-0.3, -0.25) is 0 Å². The molecule has 0 radical (unpaired) electrons. The normalized spacial score (nSPS) is 21.1. The zero-order valence-electron chi connectivity index (χ0n) is 9.00. The maximum absolute atomic E-state index is 10.0. The molecule has 2 atom stereocenters. The van der Waals surface area contributed by atoms with Crippen LogP contribution in [0.4, 0.5) is 0 Å². The van der Waals surface area contributed by atoms with Crippen LogP contribution in [0, 0.1) is 6.92 Å². The molecule has 0 bridgehead atoms. The minimum absolute atomic E-state index is 0.0376. The summed E-state index contributed by atoms with van der Waals surface area (Å²) in [6.07, 6.45) is 3.00. The van der Waals surface area contributed by atoms with Crippen molar-refractivity contribution in [1.29, 1.82) is 0 Å². The zero-order chi connectivity index (χ0) is 11.5. The molecule has 2 rings (SSSR count). The summed E-state index contributed by atoms with van der Waals surface area (Å²) in [5, 5.41) is 19.6. The average molecular weight is 218 g/mol. The summed E-state index contributed by atoms with van der Waals surface area (Å²) in [7, 11) is 0. The van der Waals surface area contributed by atoms with Crippen molar-refractivity contribution in [3.63, 3.8) is 0 Å². The van der Waals surface area contributed by atoms with Crippen molar-refractivity contribution in [2.24, 2.45) is 0 Å². The van der Waals surface area contributed by atoms with E-state index in [1.807, 2.05) is 31.2 Å². The molecule has 1 aromatic carbocycles. The van der Waals surface area contributed by atoms with Crippen LogP contribution in [0.2, 0.25) is 0 Å². The lowest BCUT2D eigenvalue weighted by molar-refractivity contribution is 0.00432. The molecule has 1 aliphatic rings. The smallest absolute Gasteiger partial charge is 0.184 e. The lowest BCUT2D eigenvalue weighted by Gasteiger charge is -2.23. The van der Waals surface area contributed by atoms with E-state index in [-0.39, 0.29) is 5.76 Å². The first-order valence-electron chi connectivity index (χ1n) is 5.14. The number of aryl methyl sites for hydroxylation is 1. The van der Waals surface area contributed by atoms with E-state index in [1.54, 1.807) is 6.08 Å². The number of hydrogen-bond acceptors (Lipinski definition) is 3. The highest BCUT2D eigenvalue weighted by Gasteiger charge is 2.26. The highest BCUT2D eigenvalue weighted by molar-refractivity contribution is 5.26. The Kier molecular flexibility index (Phi) is 2.97. The van der Waals surface area contributed by atoms with E-state index in [2.05, 4.69) is 0 Å². The van der Waals surface area contributed by atoms with Crippen LogP contribution in [0.3, 0.4) is 0 Å². The number of aliphatic hydroxyl groups is 2. The summed E-state index contributed by atoms with van der Waals surface area (Å²) in [6, 6.07) is 7.49. The topological polar surface area (TPSA) is 49.7 Å². The van der Waals surface area contributed by atoms with Crippen LogP contribution in [-0.2, 0) is 4.74 Å². The summed E-state index contributed by atoms with van der Waals surface area (Å²) in [5.41, 5.74) is 1.85. The number of ether oxygens (including phenoxy) is 1. The molecule has 0 aromatic heterocycles. The third kappa shape index (κ3) is 2.09. The second kappa shape index (κ2) is 4.41. The standard InChI is InChI=1S/C13H14O3/c1-9-4-6-10(7-5-9)12(15)13-11(14)3-2-8-16-13/h2-8,12-15H,1H3. The van der Waals surface area contributed by atoms with Crippen molar-refractivity contribution >= 4 is 0 Å².